The highest BCUT2D eigenvalue weighted by Gasteiger charge is 2.39. The number of carboxylic acid groups (broad SMARTS) is 1. The van der Waals surface area contributed by atoms with Crippen molar-refractivity contribution in [3.63, 3.8) is 0 Å². The monoisotopic (exact) mass is 269 g/mol. The normalized spacial score (nSPS) is 22.5. The van der Waals surface area contributed by atoms with Crippen molar-refractivity contribution in [1.29, 1.82) is 0 Å². The number of aromatic nitrogens is 1. The van der Waals surface area contributed by atoms with Crippen LogP contribution in [0.15, 0.2) is 12.3 Å². The van der Waals surface area contributed by atoms with Gasteiger partial charge >= 0.3 is 5.97 Å². The molecule has 1 aromatic rings. The standard InChI is InChI=1S/C10H11N3O6/c14-6-2-8(10(16)17)12(4-6)9(15)7-1-5(3-11-7)13(18)19/h1,3,6,8,11,14H,2,4H2,(H,16,17)/t6?,8-/m0/s1. The molecule has 2 rings (SSSR count). The minimum absolute atomic E-state index is 0.0517. The maximum atomic E-state index is 12.0. The number of nitro groups is 1. The van der Waals surface area contributed by atoms with E-state index in [1.807, 2.05) is 0 Å². The second-order valence-corrected chi connectivity index (χ2v) is 4.23. The summed E-state index contributed by atoms with van der Waals surface area (Å²) in [6.45, 7) is -0.109. The van der Waals surface area contributed by atoms with Crippen LogP contribution in [0.4, 0.5) is 5.69 Å². The Morgan fingerprint density at radius 2 is 2.21 bits per heavy atom. The maximum Gasteiger partial charge on any atom is 0.326 e. The van der Waals surface area contributed by atoms with E-state index in [0.29, 0.717) is 0 Å². The molecule has 0 radical (unpaired) electrons. The van der Waals surface area contributed by atoms with Gasteiger partial charge in [0.2, 0.25) is 0 Å². The predicted octanol–water partition coefficient (Wildman–Crippen LogP) is -0.417. The number of aliphatic hydroxyl groups excluding tert-OH is 1. The Bertz CT molecular complexity index is 539. The highest BCUT2D eigenvalue weighted by molar-refractivity contribution is 5.96. The fourth-order valence-electron chi connectivity index (χ4n) is 2.04. The van der Waals surface area contributed by atoms with Gasteiger partial charge in [-0.05, 0) is 0 Å². The van der Waals surface area contributed by atoms with Crippen LogP contribution in [0.25, 0.3) is 0 Å². The Morgan fingerprint density at radius 3 is 2.74 bits per heavy atom. The topological polar surface area (TPSA) is 137 Å². The number of carbonyl (C=O) groups is 2. The second kappa shape index (κ2) is 4.69. The first-order chi connectivity index (χ1) is 8.90. The second-order valence-electron chi connectivity index (χ2n) is 4.23. The maximum absolute atomic E-state index is 12.0. The average molecular weight is 269 g/mol. The van der Waals surface area contributed by atoms with Crippen LogP contribution < -0.4 is 0 Å². The molecule has 1 aliphatic rings. The van der Waals surface area contributed by atoms with E-state index in [-0.39, 0.29) is 24.3 Å². The van der Waals surface area contributed by atoms with Crippen LogP contribution in [0.5, 0.6) is 0 Å². The van der Waals surface area contributed by atoms with Crippen molar-refractivity contribution in [3.8, 4) is 0 Å². The van der Waals surface area contributed by atoms with E-state index in [2.05, 4.69) is 4.98 Å². The number of aromatic amines is 1. The summed E-state index contributed by atoms with van der Waals surface area (Å²) in [5.41, 5.74) is -0.359. The minimum atomic E-state index is -1.22. The van der Waals surface area contributed by atoms with Crippen molar-refractivity contribution in [2.45, 2.75) is 18.6 Å². The van der Waals surface area contributed by atoms with E-state index in [1.54, 1.807) is 0 Å². The summed E-state index contributed by atoms with van der Waals surface area (Å²) in [4.78, 5) is 36.3. The van der Waals surface area contributed by atoms with Crippen LogP contribution in [0, 0.1) is 10.1 Å². The van der Waals surface area contributed by atoms with Crippen LogP contribution in [-0.2, 0) is 4.79 Å². The fraction of sp³-hybridized carbons (Fsp3) is 0.400. The number of carboxylic acids is 1. The molecule has 9 nitrogen and oxygen atoms in total. The Labute approximate surface area is 106 Å². The summed E-state index contributed by atoms with van der Waals surface area (Å²) in [7, 11) is 0. The first-order valence-corrected chi connectivity index (χ1v) is 5.44. The third-order valence-corrected chi connectivity index (χ3v) is 2.93. The van der Waals surface area contributed by atoms with Gasteiger partial charge in [-0.1, -0.05) is 0 Å². The van der Waals surface area contributed by atoms with Crippen molar-refractivity contribution in [3.05, 3.63) is 28.1 Å². The summed E-state index contributed by atoms with van der Waals surface area (Å²) in [5, 5.41) is 28.9. The summed E-state index contributed by atoms with van der Waals surface area (Å²) >= 11 is 0. The summed E-state index contributed by atoms with van der Waals surface area (Å²) in [6.07, 6.45) is 0.0920. The SMILES string of the molecule is O=C(O)[C@@H]1CC(O)CN1C(=O)c1cc([N+](=O)[O-])c[nH]1. The average Bonchev–Trinajstić information content (AvgIpc) is 2.94. The van der Waals surface area contributed by atoms with Gasteiger partial charge in [0.15, 0.2) is 0 Å². The number of hydrogen-bond acceptors (Lipinski definition) is 5. The van der Waals surface area contributed by atoms with E-state index in [9.17, 15) is 24.8 Å². The number of aliphatic hydroxyl groups is 1. The van der Waals surface area contributed by atoms with Crippen LogP contribution in [-0.4, -0.2) is 55.6 Å². The Hall–Kier alpha value is -2.42. The van der Waals surface area contributed by atoms with E-state index in [1.165, 1.54) is 0 Å². The smallest absolute Gasteiger partial charge is 0.326 e. The zero-order valence-electron chi connectivity index (χ0n) is 9.65. The van der Waals surface area contributed by atoms with Gasteiger partial charge in [0.25, 0.3) is 11.6 Å². The molecule has 1 aromatic heterocycles. The number of carbonyl (C=O) groups excluding carboxylic acids is 1. The first-order valence-electron chi connectivity index (χ1n) is 5.44. The van der Waals surface area contributed by atoms with Gasteiger partial charge in [-0.15, -0.1) is 0 Å². The zero-order valence-corrected chi connectivity index (χ0v) is 9.65. The van der Waals surface area contributed by atoms with Gasteiger partial charge in [-0.3, -0.25) is 14.9 Å². The lowest BCUT2D eigenvalue weighted by atomic mass is 10.2. The third-order valence-electron chi connectivity index (χ3n) is 2.93. The molecule has 1 unspecified atom stereocenters. The summed E-state index contributed by atoms with van der Waals surface area (Å²) in [5.74, 6) is -1.90. The molecule has 2 heterocycles. The molecule has 2 atom stereocenters. The van der Waals surface area contributed by atoms with Gasteiger partial charge in [0, 0.05) is 19.0 Å². The molecule has 1 aliphatic heterocycles. The zero-order chi connectivity index (χ0) is 14.2. The molecule has 19 heavy (non-hydrogen) atoms. The number of amides is 1. The van der Waals surface area contributed by atoms with Crippen molar-refractivity contribution >= 4 is 17.6 Å². The molecule has 102 valence electrons. The summed E-state index contributed by atoms with van der Waals surface area (Å²) in [6, 6.07) is -0.0868. The lowest BCUT2D eigenvalue weighted by Gasteiger charge is -2.20. The third kappa shape index (κ3) is 2.40. The minimum Gasteiger partial charge on any atom is -0.480 e. The highest BCUT2D eigenvalue weighted by atomic mass is 16.6. The van der Waals surface area contributed by atoms with E-state index in [0.717, 1.165) is 17.2 Å². The van der Waals surface area contributed by atoms with Crippen molar-refractivity contribution in [2.75, 3.05) is 6.54 Å². The number of hydrogen-bond donors (Lipinski definition) is 3. The van der Waals surface area contributed by atoms with Gasteiger partial charge < -0.3 is 20.1 Å². The molecule has 0 aliphatic carbocycles. The molecule has 0 saturated carbocycles. The Morgan fingerprint density at radius 1 is 1.53 bits per heavy atom. The lowest BCUT2D eigenvalue weighted by molar-refractivity contribution is -0.384. The number of likely N-dealkylation sites (tertiary alicyclic amines) is 1. The molecule has 0 spiro atoms. The largest absolute Gasteiger partial charge is 0.480 e. The Kier molecular flexibility index (Phi) is 3.21. The number of aliphatic carboxylic acids is 1. The quantitative estimate of drug-likeness (QED) is 0.503. The first kappa shape index (κ1) is 13.0. The molecule has 9 heteroatoms. The number of H-pyrrole nitrogens is 1. The molecule has 3 N–H and O–H groups in total. The lowest BCUT2D eigenvalue weighted by Crippen LogP contribution is -2.40. The van der Waals surface area contributed by atoms with Crippen LogP contribution in [0.2, 0.25) is 0 Å². The van der Waals surface area contributed by atoms with Crippen LogP contribution in [0.1, 0.15) is 16.9 Å². The van der Waals surface area contributed by atoms with Gasteiger partial charge in [0.05, 0.1) is 17.2 Å². The molecular weight excluding hydrogens is 258 g/mol. The molecule has 1 amide bonds. The fourth-order valence-corrected chi connectivity index (χ4v) is 2.04. The van der Waals surface area contributed by atoms with E-state index in [4.69, 9.17) is 5.11 Å². The molecule has 0 bridgehead atoms. The number of nitrogens with zero attached hydrogens (tertiary/aromatic N) is 2. The summed E-state index contributed by atoms with van der Waals surface area (Å²) < 4.78 is 0. The van der Waals surface area contributed by atoms with Gasteiger partial charge in [-0.2, -0.15) is 0 Å². The van der Waals surface area contributed by atoms with Crippen molar-refractivity contribution in [2.24, 2.45) is 0 Å². The van der Waals surface area contributed by atoms with Crippen molar-refractivity contribution in [1.82, 2.24) is 9.88 Å². The molecular formula is C10H11N3O6. The number of rotatable bonds is 3. The van der Waals surface area contributed by atoms with Crippen LogP contribution in [0.3, 0.4) is 0 Å². The van der Waals surface area contributed by atoms with Gasteiger partial charge in [-0.25, -0.2) is 4.79 Å². The number of β-amino-alcohol motifs (C(OH)–C–C–N with tert-alkyl or cyclic N) is 1. The molecule has 0 aromatic carbocycles. The molecule has 1 fully saturated rings. The van der Waals surface area contributed by atoms with E-state index >= 15 is 0 Å². The highest BCUT2D eigenvalue weighted by Crippen LogP contribution is 2.22. The van der Waals surface area contributed by atoms with Crippen molar-refractivity contribution < 1.29 is 24.7 Å². The van der Waals surface area contributed by atoms with Crippen LogP contribution >= 0.6 is 0 Å². The number of nitrogens with one attached hydrogen (secondary N) is 1. The van der Waals surface area contributed by atoms with Gasteiger partial charge in [0.1, 0.15) is 11.7 Å². The predicted molar refractivity (Wildman–Crippen MR) is 60.5 cm³/mol. The molecule has 1 saturated heterocycles. The van der Waals surface area contributed by atoms with E-state index < -0.39 is 28.9 Å². The Balaban J connectivity index is 2.22.